The molecule has 1 atom stereocenters. The van der Waals surface area contributed by atoms with Crippen LogP contribution < -0.4 is 5.32 Å². The summed E-state index contributed by atoms with van der Waals surface area (Å²) in [6, 6.07) is 12.8. The van der Waals surface area contributed by atoms with Crippen molar-refractivity contribution in [3.63, 3.8) is 0 Å². The van der Waals surface area contributed by atoms with Gasteiger partial charge < -0.3 is 5.32 Å². The third-order valence-electron chi connectivity index (χ3n) is 3.11. The molecule has 4 heteroatoms. The first-order valence-corrected chi connectivity index (χ1v) is 8.29. The molecule has 0 saturated carbocycles. The molecular formula is C15H14Br3N. The maximum absolute atomic E-state index is 3.64. The summed E-state index contributed by atoms with van der Waals surface area (Å²) >= 11 is 10.7. The molecule has 0 aliphatic rings. The van der Waals surface area contributed by atoms with E-state index in [2.05, 4.69) is 90.4 Å². The van der Waals surface area contributed by atoms with Gasteiger partial charge in [0.05, 0.1) is 6.04 Å². The Morgan fingerprint density at radius 2 is 1.47 bits per heavy atom. The Labute approximate surface area is 139 Å². The lowest BCUT2D eigenvalue weighted by molar-refractivity contribution is 0.684. The Hall–Kier alpha value is -0.160. The van der Waals surface area contributed by atoms with E-state index >= 15 is 0 Å². The fourth-order valence-corrected chi connectivity index (χ4v) is 3.37. The van der Waals surface area contributed by atoms with Gasteiger partial charge in [-0.3, -0.25) is 0 Å². The number of halogens is 3. The summed E-state index contributed by atoms with van der Waals surface area (Å²) < 4.78 is 3.28. The molecule has 2 aromatic rings. The Kier molecular flexibility index (Phi) is 5.23. The maximum Gasteiger partial charge on any atom is 0.0588 e. The first-order valence-electron chi connectivity index (χ1n) is 5.91. The topological polar surface area (TPSA) is 12.0 Å². The first-order chi connectivity index (χ1) is 9.02. The number of hydrogen-bond acceptors (Lipinski definition) is 1. The molecule has 0 spiro atoms. The van der Waals surface area contributed by atoms with Crippen LogP contribution in [-0.2, 0) is 0 Å². The van der Waals surface area contributed by atoms with Crippen molar-refractivity contribution in [2.45, 2.75) is 13.0 Å². The van der Waals surface area contributed by atoms with Gasteiger partial charge in [0, 0.05) is 13.4 Å². The van der Waals surface area contributed by atoms with Gasteiger partial charge in [0.1, 0.15) is 0 Å². The molecule has 0 amide bonds. The number of aryl methyl sites for hydroxylation is 1. The number of rotatable bonds is 3. The Balaban J connectivity index is 2.55. The molecule has 1 unspecified atom stereocenters. The predicted octanol–water partition coefficient (Wildman–Crippen LogP) is 5.59. The van der Waals surface area contributed by atoms with E-state index < -0.39 is 0 Å². The summed E-state index contributed by atoms with van der Waals surface area (Å²) in [6.45, 7) is 2.14. The molecule has 0 aromatic heterocycles. The molecule has 1 nitrogen and oxygen atoms in total. The van der Waals surface area contributed by atoms with Crippen LogP contribution in [0.1, 0.15) is 22.7 Å². The van der Waals surface area contributed by atoms with Crippen molar-refractivity contribution in [2.24, 2.45) is 0 Å². The average molecular weight is 448 g/mol. The molecule has 0 heterocycles. The van der Waals surface area contributed by atoms with Crippen molar-refractivity contribution >= 4 is 47.8 Å². The molecule has 100 valence electrons. The molecule has 2 rings (SSSR count). The van der Waals surface area contributed by atoms with Crippen LogP contribution in [0.25, 0.3) is 0 Å². The van der Waals surface area contributed by atoms with Crippen molar-refractivity contribution < 1.29 is 0 Å². The van der Waals surface area contributed by atoms with Crippen molar-refractivity contribution in [3.05, 3.63) is 66.5 Å². The minimum Gasteiger partial charge on any atom is -0.309 e. The van der Waals surface area contributed by atoms with Gasteiger partial charge in [-0.05, 0) is 61.0 Å². The normalized spacial score (nSPS) is 12.5. The number of nitrogens with one attached hydrogen (secondary N) is 1. The van der Waals surface area contributed by atoms with Gasteiger partial charge in [-0.2, -0.15) is 0 Å². The van der Waals surface area contributed by atoms with Gasteiger partial charge in [-0.15, -0.1) is 0 Å². The lowest BCUT2D eigenvalue weighted by Crippen LogP contribution is -2.19. The quantitative estimate of drug-likeness (QED) is 0.646. The van der Waals surface area contributed by atoms with Crippen LogP contribution in [0.3, 0.4) is 0 Å². The minimum absolute atomic E-state index is 0.157. The summed E-state index contributed by atoms with van der Waals surface area (Å²) in [6.07, 6.45) is 0. The van der Waals surface area contributed by atoms with Gasteiger partial charge in [0.2, 0.25) is 0 Å². The van der Waals surface area contributed by atoms with E-state index in [-0.39, 0.29) is 6.04 Å². The van der Waals surface area contributed by atoms with E-state index in [0.29, 0.717) is 0 Å². The molecule has 1 N–H and O–H groups in total. The van der Waals surface area contributed by atoms with Crippen molar-refractivity contribution in [1.82, 2.24) is 5.32 Å². The molecule has 0 saturated heterocycles. The Morgan fingerprint density at radius 1 is 0.895 bits per heavy atom. The second-order valence-corrected chi connectivity index (χ2v) is 7.07. The lowest BCUT2D eigenvalue weighted by atomic mass is 9.95. The van der Waals surface area contributed by atoms with Crippen LogP contribution in [0.2, 0.25) is 0 Å². The molecule has 0 radical (unpaired) electrons. The first kappa shape index (κ1) is 15.2. The van der Waals surface area contributed by atoms with Gasteiger partial charge in [0.15, 0.2) is 0 Å². The van der Waals surface area contributed by atoms with E-state index in [0.717, 1.165) is 13.4 Å². The minimum atomic E-state index is 0.157. The third-order valence-corrected chi connectivity index (χ3v) is 4.82. The maximum atomic E-state index is 3.64. The van der Waals surface area contributed by atoms with Gasteiger partial charge in [-0.1, -0.05) is 53.9 Å². The highest BCUT2D eigenvalue weighted by Gasteiger charge is 2.17. The van der Waals surface area contributed by atoms with Crippen LogP contribution in [0.15, 0.2) is 49.8 Å². The second-order valence-electron chi connectivity index (χ2n) is 4.39. The second kappa shape index (κ2) is 6.53. The zero-order valence-corrected chi connectivity index (χ0v) is 15.4. The van der Waals surface area contributed by atoms with Crippen LogP contribution in [0.4, 0.5) is 0 Å². The van der Waals surface area contributed by atoms with Gasteiger partial charge >= 0.3 is 0 Å². The summed E-state index contributed by atoms with van der Waals surface area (Å²) in [5.74, 6) is 0. The van der Waals surface area contributed by atoms with Crippen LogP contribution in [-0.4, -0.2) is 7.05 Å². The van der Waals surface area contributed by atoms with Crippen LogP contribution in [0, 0.1) is 6.92 Å². The van der Waals surface area contributed by atoms with Crippen molar-refractivity contribution in [3.8, 4) is 0 Å². The highest BCUT2D eigenvalue weighted by Crippen LogP contribution is 2.33. The SMILES string of the molecule is CNC(c1cc(Br)ccc1C)c1cc(Br)ccc1Br. The fourth-order valence-electron chi connectivity index (χ4n) is 2.14. The Morgan fingerprint density at radius 3 is 2.11 bits per heavy atom. The molecular weight excluding hydrogens is 434 g/mol. The summed E-state index contributed by atoms with van der Waals surface area (Å²) in [4.78, 5) is 0. The fraction of sp³-hybridized carbons (Fsp3) is 0.200. The van der Waals surface area contributed by atoms with Crippen LogP contribution in [0.5, 0.6) is 0 Å². The van der Waals surface area contributed by atoms with E-state index in [1.165, 1.54) is 16.7 Å². The van der Waals surface area contributed by atoms with Crippen LogP contribution >= 0.6 is 47.8 Å². The highest BCUT2D eigenvalue weighted by atomic mass is 79.9. The number of hydrogen-bond donors (Lipinski definition) is 1. The summed E-state index contributed by atoms with van der Waals surface area (Å²) in [7, 11) is 1.98. The molecule has 2 aromatic carbocycles. The zero-order chi connectivity index (χ0) is 14.0. The largest absolute Gasteiger partial charge is 0.309 e. The monoisotopic (exact) mass is 445 g/mol. The molecule has 0 fully saturated rings. The third kappa shape index (κ3) is 3.48. The van der Waals surface area contributed by atoms with E-state index in [1.807, 2.05) is 13.1 Å². The van der Waals surface area contributed by atoms with Gasteiger partial charge in [0.25, 0.3) is 0 Å². The summed E-state index contributed by atoms with van der Waals surface area (Å²) in [5.41, 5.74) is 3.77. The zero-order valence-electron chi connectivity index (χ0n) is 10.7. The molecule has 0 aliphatic carbocycles. The van der Waals surface area contributed by atoms with E-state index in [9.17, 15) is 0 Å². The van der Waals surface area contributed by atoms with E-state index in [4.69, 9.17) is 0 Å². The molecule has 19 heavy (non-hydrogen) atoms. The summed E-state index contributed by atoms with van der Waals surface area (Å²) in [5, 5.41) is 3.40. The lowest BCUT2D eigenvalue weighted by Gasteiger charge is -2.21. The smallest absolute Gasteiger partial charge is 0.0588 e. The van der Waals surface area contributed by atoms with Crippen molar-refractivity contribution in [1.29, 1.82) is 0 Å². The predicted molar refractivity (Wildman–Crippen MR) is 91.6 cm³/mol. The standard InChI is InChI=1S/C15H14Br3N/c1-9-3-4-10(16)7-12(9)15(19-2)13-8-11(17)5-6-14(13)18/h3-8,15,19H,1-2H3. The average Bonchev–Trinajstić information content (AvgIpc) is 2.38. The highest BCUT2D eigenvalue weighted by molar-refractivity contribution is 9.11. The molecule has 0 aliphatic heterocycles. The van der Waals surface area contributed by atoms with E-state index in [1.54, 1.807) is 0 Å². The Bertz CT molecular complexity index is 544. The van der Waals surface area contributed by atoms with Crippen molar-refractivity contribution in [2.75, 3.05) is 7.05 Å². The molecule has 0 bridgehead atoms. The van der Waals surface area contributed by atoms with Gasteiger partial charge in [-0.25, -0.2) is 0 Å². The number of benzene rings is 2.